The van der Waals surface area contributed by atoms with Crippen LogP contribution in [0.3, 0.4) is 0 Å². The van der Waals surface area contributed by atoms with Gasteiger partial charge >= 0.3 is 0 Å². The smallest absolute Gasteiger partial charge is 0.255 e. The number of para-hydroxylation sites is 1. The maximum absolute atomic E-state index is 12.2. The molecule has 0 radical (unpaired) electrons. The molecule has 0 saturated carbocycles. The van der Waals surface area contributed by atoms with Gasteiger partial charge in [0.25, 0.3) is 5.91 Å². The number of amides is 1. The number of nitrogens with one attached hydrogen (secondary N) is 1. The molecular formula is C19H19N3O3. The van der Waals surface area contributed by atoms with Crippen LogP contribution < -0.4 is 10.1 Å². The Bertz CT molecular complexity index is 874. The molecule has 3 rings (SSSR count). The van der Waals surface area contributed by atoms with Crippen molar-refractivity contribution in [3.05, 3.63) is 65.5 Å². The highest BCUT2D eigenvalue weighted by Crippen LogP contribution is 2.19. The predicted molar refractivity (Wildman–Crippen MR) is 93.5 cm³/mol. The summed E-state index contributed by atoms with van der Waals surface area (Å²) in [5.41, 5.74) is 2.51. The van der Waals surface area contributed by atoms with Gasteiger partial charge in [0, 0.05) is 18.5 Å². The van der Waals surface area contributed by atoms with Crippen LogP contribution in [0.2, 0.25) is 0 Å². The number of aryl methyl sites for hydroxylation is 1. The molecule has 0 fully saturated rings. The zero-order chi connectivity index (χ0) is 17.6. The van der Waals surface area contributed by atoms with E-state index in [1.165, 1.54) is 7.11 Å². The molecule has 6 heteroatoms. The summed E-state index contributed by atoms with van der Waals surface area (Å²) in [7, 11) is 1.54. The molecule has 128 valence electrons. The summed E-state index contributed by atoms with van der Waals surface area (Å²) < 4.78 is 10.9. The van der Waals surface area contributed by atoms with E-state index < -0.39 is 0 Å². The van der Waals surface area contributed by atoms with Gasteiger partial charge in [-0.15, -0.1) is 10.2 Å². The number of benzene rings is 2. The van der Waals surface area contributed by atoms with E-state index in [2.05, 4.69) is 15.5 Å². The van der Waals surface area contributed by atoms with Gasteiger partial charge in [0.05, 0.1) is 12.7 Å². The van der Waals surface area contributed by atoms with Gasteiger partial charge in [0.15, 0.2) is 0 Å². The Morgan fingerprint density at radius 3 is 2.80 bits per heavy atom. The molecule has 25 heavy (non-hydrogen) atoms. The second-order valence-corrected chi connectivity index (χ2v) is 5.58. The number of hydrogen-bond donors (Lipinski definition) is 1. The van der Waals surface area contributed by atoms with Crippen molar-refractivity contribution in [3.63, 3.8) is 0 Å². The molecule has 0 bridgehead atoms. The van der Waals surface area contributed by atoms with E-state index in [0.717, 1.165) is 11.1 Å². The Labute approximate surface area is 145 Å². The molecule has 1 N–H and O–H groups in total. The van der Waals surface area contributed by atoms with Crippen molar-refractivity contribution in [3.8, 4) is 17.2 Å². The molecular weight excluding hydrogens is 318 g/mol. The Balaban J connectivity index is 1.59. The minimum Gasteiger partial charge on any atom is -0.496 e. The average Bonchev–Trinajstić information content (AvgIpc) is 3.10. The van der Waals surface area contributed by atoms with Crippen molar-refractivity contribution >= 4 is 5.91 Å². The van der Waals surface area contributed by atoms with Gasteiger partial charge in [-0.25, -0.2) is 0 Å². The first-order valence-corrected chi connectivity index (χ1v) is 7.98. The second kappa shape index (κ2) is 7.61. The van der Waals surface area contributed by atoms with Crippen LogP contribution in [-0.2, 0) is 6.42 Å². The number of methoxy groups -OCH3 is 1. The van der Waals surface area contributed by atoms with Crippen LogP contribution in [0.25, 0.3) is 11.5 Å². The molecule has 0 saturated heterocycles. The molecule has 2 aromatic carbocycles. The molecule has 0 spiro atoms. The molecule has 0 aliphatic carbocycles. The lowest BCUT2D eigenvalue weighted by Gasteiger charge is -2.08. The Morgan fingerprint density at radius 1 is 1.16 bits per heavy atom. The van der Waals surface area contributed by atoms with Crippen LogP contribution in [-0.4, -0.2) is 29.8 Å². The highest BCUT2D eigenvalue weighted by Gasteiger charge is 2.12. The van der Waals surface area contributed by atoms with Gasteiger partial charge in [-0.1, -0.05) is 29.8 Å². The fourth-order valence-corrected chi connectivity index (χ4v) is 2.46. The Hall–Kier alpha value is -3.15. The molecule has 0 unspecified atom stereocenters. The van der Waals surface area contributed by atoms with Gasteiger partial charge in [0.2, 0.25) is 11.8 Å². The first-order valence-electron chi connectivity index (χ1n) is 7.98. The molecule has 0 aliphatic heterocycles. The number of ether oxygens (including phenoxy) is 1. The summed E-state index contributed by atoms with van der Waals surface area (Å²) in [4.78, 5) is 12.2. The first-order chi connectivity index (χ1) is 12.2. The summed E-state index contributed by atoms with van der Waals surface area (Å²) in [6.07, 6.45) is 0.458. The minimum atomic E-state index is -0.198. The lowest BCUT2D eigenvalue weighted by molar-refractivity contribution is 0.0950. The van der Waals surface area contributed by atoms with Gasteiger partial charge in [0.1, 0.15) is 5.75 Å². The number of hydrogen-bond acceptors (Lipinski definition) is 5. The van der Waals surface area contributed by atoms with Gasteiger partial charge in [-0.3, -0.25) is 4.79 Å². The number of carbonyl (C=O) groups is 1. The predicted octanol–water partition coefficient (Wildman–Crippen LogP) is 3.03. The Kier molecular flexibility index (Phi) is 5.09. The summed E-state index contributed by atoms with van der Waals surface area (Å²) in [5.74, 6) is 1.31. The lowest BCUT2D eigenvalue weighted by Crippen LogP contribution is -2.26. The monoisotopic (exact) mass is 337 g/mol. The molecule has 1 heterocycles. The van der Waals surface area contributed by atoms with Crippen LogP contribution in [0.4, 0.5) is 0 Å². The lowest BCUT2D eigenvalue weighted by atomic mass is 10.1. The summed E-state index contributed by atoms with van der Waals surface area (Å²) >= 11 is 0. The maximum atomic E-state index is 12.2. The van der Waals surface area contributed by atoms with Crippen LogP contribution in [0.15, 0.2) is 52.9 Å². The normalized spacial score (nSPS) is 10.5. The van der Waals surface area contributed by atoms with Crippen LogP contribution in [0.1, 0.15) is 21.8 Å². The van der Waals surface area contributed by atoms with Crippen LogP contribution in [0.5, 0.6) is 5.75 Å². The van der Waals surface area contributed by atoms with E-state index in [4.69, 9.17) is 9.15 Å². The first kappa shape index (κ1) is 16.7. The highest BCUT2D eigenvalue weighted by molar-refractivity contribution is 5.96. The van der Waals surface area contributed by atoms with Crippen LogP contribution >= 0.6 is 0 Å². The van der Waals surface area contributed by atoms with E-state index in [1.54, 1.807) is 18.2 Å². The average molecular weight is 337 g/mol. The summed E-state index contributed by atoms with van der Waals surface area (Å²) in [5, 5.41) is 10.9. The number of carbonyl (C=O) groups excluding carboxylic acids is 1. The number of rotatable bonds is 6. The van der Waals surface area contributed by atoms with Crippen molar-refractivity contribution in [1.82, 2.24) is 15.5 Å². The third-order valence-corrected chi connectivity index (χ3v) is 3.71. The highest BCUT2D eigenvalue weighted by atomic mass is 16.5. The topological polar surface area (TPSA) is 77.2 Å². The number of aromatic nitrogens is 2. The molecule has 1 amide bonds. The molecule has 3 aromatic rings. The van der Waals surface area contributed by atoms with Gasteiger partial charge < -0.3 is 14.5 Å². The van der Waals surface area contributed by atoms with Gasteiger partial charge in [-0.05, 0) is 31.2 Å². The van der Waals surface area contributed by atoms with E-state index in [0.29, 0.717) is 36.1 Å². The standard InChI is InChI=1S/C19H19N3O3/c1-13-6-5-7-14(12-13)19-22-21-17(25-19)10-11-20-18(23)15-8-3-4-9-16(15)24-2/h3-9,12H,10-11H2,1-2H3,(H,20,23). The van der Waals surface area contributed by atoms with E-state index in [1.807, 2.05) is 37.3 Å². The quantitative estimate of drug-likeness (QED) is 0.748. The van der Waals surface area contributed by atoms with Crippen molar-refractivity contribution < 1.29 is 13.9 Å². The van der Waals surface area contributed by atoms with Crippen molar-refractivity contribution in [2.75, 3.05) is 13.7 Å². The summed E-state index contributed by atoms with van der Waals surface area (Å²) in [6, 6.07) is 15.0. The van der Waals surface area contributed by atoms with Crippen molar-refractivity contribution in [2.24, 2.45) is 0 Å². The number of nitrogens with zero attached hydrogens (tertiary/aromatic N) is 2. The van der Waals surface area contributed by atoms with Crippen molar-refractivity contribution in [2.45, 2.75) is 13.3 Å². The fraction of sp³-hybridized carbons (Fsp3) is 0.211. The largest absolute Gasteiger partial charge is 0.496 e. The molecule has 0 atom stereocenters. The van der Waals surface area contributed by atoms with Crippen molar-refractivity contribution in [1.29, 1.82) is 0 Å². The molecule has 6 nitrogen and oxygen atoms in total. The molecule has 1 aromatic heterocycles. The summed E-state index contributed by atoms with van der Waals surface area (Å²) in [6.45, 7) is 2.40. The zero-order valence-corrected chi connectivity index (χ0v) is 14.2. The SMILES string of the molecule is COc1ccccc1C(=O)NCCc1nnc(-c2cccc(C)c2)o1. The third kappa shape index (κ3) is 4.03. The minimum absolute atomic E-state index is 0.198. The maximum Gasteiger partial charge on any atom is 0.255 e. The van der Waals surface area contributed by atoms with E-state index >= 15 is 0 Å². The zero-order valence-electron chi connectivity index (χ0n) is 14.2. The van der Waals surface area contributed by atoms with E-state index in [9.17, 15) is 4.79 Å². The Morgan fingerprint density at radius 2 is 2.00 bits per heavy atom. The fourth-order valence-electron chi connectivity index (χ4n) is 2.46. The van der Waals surface area contributed by atoms with Crippen LogP contribution in [0, 0.1) is 6.92 Å². The second-order valence-electron chi connectivity index (χ2n) is 5.58. The van der Waals surface area contributed by atoms with E-state index in [-0.39, 0.29) is 5.91 Å². The van der Waals surface area contributed by atoms with Gasteiger partial charge in [-0.2, -0.15) is 0 Å². The third-order valence-electron chi connectivity index (χ3n) is 3.71. The molecule has 0 aliphatic rings.